The number of nitrogens with zero attached hydrogens (tertiary/aromatic N) is 2. The Morgan fingerprint density at radius 1 is 1.04 bits per heavy atom. The Bertz CT molecular complexity index is 913. The number of amides is 1. The molecule has 2 N–H and O–H groups in total. The number of carbonyl (C=O) groups excluding carboxylic acids is 1. The third-order valence-electron chi connectivity index (χ3n) is 3.35. The lowest BCUT2D eigenvalue weighted by Gasteiger charge is -2.08. The van der Waals surface area contributed by atoms with Gasteiger partial charge in [0.2, 0.25) is 0 Å². The van der Waals surface area contributed by atoms with Crippen LogP contribution in [0.5, 0.6) is 0 Å². The van der Waals surface area contributed by atoms with Crippen molar-refractivity contribution in [1.29, 1.82) is 0 Å². The number of aryl methyl sites for hydroxylation is 1. The number of halogens is 2. The van der Waals surface area contributed by atoms with Crippen LogP contribution in [0.1, 0.15) is 16.1 Å². The van der Waals surface area contributed by atoms with E-state index in [4.69, 9.17) is 23.2 Å². The lowest BCUT2D eigenvalue weighted by molar-refractivity contribution is 0.102. The predicted molar refractivity (Wildman–Crippen MR) is 101 cm³/mol. The molecule has 3 rings (SSSR count). The lowest BCUT2D eigenvalue weighted by Crippen LogP contribution is -2.14. The van der Waals surface area contributed by atoms with Crippen molar-refractivity contribution in [3.05, 3.63) is 76.2 Å². The third kappa shape index (κ3) is 4.47. The van der Waals surface area contributed by atoms with Crippen molar-refractivity contribution in [1.82, 2.24) is 9.97 Å². The molecule has 1 aromatic heterocycles. The summed E-state index contributed by atoms with van der Waals surface area (Å²) in [5.41, 5.74) is 2.64. The minimum absolute atomic E-state index is 0.217. The molecule has 0 saturated carbocycles. The van der Waals surface area contributed by atoms with Crippen LogP contribution >= 0.6 is 23.2 Å². The van der Waals surface area contributed by atoms with E-state index in [0.717, 1.165) is 5.56 Å². The zero-order valence-corrected chi connectivity index (χ0v) is 14.8. The Labute approximate surface area is 155 Å². The van der Waals surface area contributed by atoms with Crippen LogP contribution in [0.4, 0.5) is 17.2 Å². The first kappa shape index (κ1) is 17.2. The van der Waals surface area contributed by atoms with Gasteiger partial charge in [0.25, 0.3) is 5.91 Å². The van der Waals surface area contributed by atoms with Gasteiger partial charge in [0, 0.05) is 10.7 Å². The second-order valence-electron chi connectivity index (χ2n) is 5.36. The molecule has 0 fully saturated rings. The summed E-state index contributed by atoms with van der Waals surface area (Å²) >= 11 is 12.0. The van der Waals surface area contributed by atoms with Crippen LogP contribution in [-0.2, 0) is 0 Å². The van der Waals surface area contributed by atoms with Crippen LogP contribution < -0.4 is 10.6 Å². The molecule has 0 aliphatic heterocycles. The average Bonchev–Trinajstić information content (AvgIpc) is 2.58. The van der Waals surface area contributed by atoms with Gasteiger partial charge in [-0.3, -0.25) is 4.79 Å². The number of anilines is 3. The van der Waals surface area contributed by atoms with Crippen molar-refractivity contribution in [3.8, 4) is 0 Å². The van der Waals surface area contributed by atoms with E-state index in [2.05, 4.69) is 20.6 Å². The highest BCUT2D eigenvalue weighted by atomic mass is 35.5. The van der Waals surface area contributed by atoms with Crippen LogP contribution in [0, 0.1) is 6.92 Å². The Morgan fingerprint density at radius 2 is 1.88 bits per heavy atom. The van der Waals surface area contributed by atoms with Crippen LogP contribution in [0.2, 0.25) is 10.0 Å². The van der Waals surface area contributed by atoms with Crippen molar-refractivity contribution in [2.45, 2.75) is 6.92 Å². The number of hydrogen-bond acceptors (Lipinski definition) is 4. The molecule has 0 aliphatic carbocycles. The second kappa shape index (κ2) is 7.51. The highest BCUT2D eigenvalue weighted by Crippen LogP contribution is 2.27. The van der Waals surface area contributed by atoms with Crippen LogP contribution in [0.25, 0.3) is 0 Å². The van der Waals surface area contributed by atoms with Crippen molar-refractivity contribution in [2.24, 2.45) is 0 Å². The molecule has 0 aliphatic rings. The third-order valence-corrected chi connectivity index (χ3v) is 3.90. The summed E-state index contributed by atoms with van der Waals surface area (Å²) in [6, 6.07) is 12.6. The maximum atomic E-state index is 12.2. The van der Waals surface area contributed by atoms with E-state index in [0.29, 0.717) is 27.2 Å². The molecule has 25 heavy (non-hydrogen) atoms. The standard InChI is InChI=1S/C18H14Cl2N4O/c1-11-3-2-4-13(7-11)23-18(25)16-9-22-17(10-21-16)24-15-6-5-12(19)8-14(15)20/h2-10H,1H3,(H,22,24)(H,23,25). The molecule has 0 atom stereocenters. The smallest absolute Gasteiger partial charge is 0.275 e. The first-order valence-corrected chi connectivity index (χ1v) is 8.19. The van der Waals surface area contributed by atoms with E-state index < -0.39 is 0 Å². The molecule has 1 amide bonds. The highest BCUT2D eigenvalue weighted by Gasteiger charge is 2.09. The monoisotopic (exact) mass is 372 g/mol. The maximum absolute atomic E-state index is 12.2. The van der Waals surface area contributed by atoms with E-state index in [-0.39, 0.29) is 11.6 Å². The summed E-state index contributed by atoms with van der Waals surface area (Å²) in [6.07, 6.45) is 2.87. The van der Waals surface area contributed by atoms with E-state index in [1.54, 1.807) is 18.2 Å². The predicted octanol–water partition coefficient (Wildman–Crippen LogP) is 5.09. The van der Waals surface area contributed by atoms with Gasteiger partial charge in [0.05, 0.1) is 23.1 Å². The first-order chi connectivity index (χ1) is 12.0. The second-order valence-corrected chi connectivity index (χ2v) is 6.20. The van der Waals surface area contributed by atoms with Crippen molar-refractivity contribution in [2.75, 3.05) is 10.6 Å². The SMILES string of the molecule is Cc1cccc(NC(=O)c2cnc(Nc3ccc(Cl)cc3Cl)cn2)c1. The van der Waals surface area contributed by atoms with E-state index in [1.807, 2.05) is 31.2 Å². The first-order valence-electron chi connectivity index (χ1n) is 7.43. The van der Waals surface area contributed by atoms with Gasteiger partial charge in [-0.2, -0.15) is 0 Å². The molecule has 7 heteroatoms. The Kier molecular flexibility index (Phi) is 5.16. The normalized spacial score (nSPS) is 10.4. The molecule has 0 radical (unpaired) electrons. The van der Waals surface area contributed by atoms with E-state index >= 15 is 0 Å². The lowest BCUT2D eigenvalue weighted by atomic mass is 10.2. The molecular formula is C18H14Cl2N4O. The van der Waals surface area contributed by atoms with Gasteiger partial charge < -0.3 is 10.6 Å². The van der Waals surface area contributed by atoms with Crippen molar-refractivity contribution >= 4 is 46.3 Å². The van der Waals surface area contributed by atoms with Crippen LogP contribution in [0.3, 0.4) is 0 Å². The number of carbonyl (C=O) groups is 1. The quantitative estimate of drug-likeness (QED) is 0.669. The fraction of sp³-hybridized carbons (Fsp3) is 0.0556. The topological polar surface area (TPSA) is 66.9 Å². The summed E-state index contributed by atoms with van der Waals surface area (Å²) in [5, 5.41) is 6.83. The highest BCUT2D eigenvalue weighted by molar-refractivity contribution is 6.36. The Balaban J connectivity index is 1.70. The molecule has 2 aromatic carbocycles. The summed E-state index contributed by atoms with van der Waals surface area (Å²) in [7, 11) is 0. The number of nitrogens with one attached hydrogen (secondary N) is 2. The number of hydrogen-bond donors (Lipinski definition) is 2. The van der Waals surface area contributed by atoms with Crippen molar-refractivity contribution < 1.29 is 4.79 Å². The zero-order valence-electron chi connectivity index (χ0n) is 13.3. The molecular weight excluding hydrogens is 359 g/mol. The van der Waals surface area contributed by atoms with Gasteiger partial charge >= 0.3 is 0 Å². The number of benzene rings is 2. The molecule has 0 bridgehead atoms. The molecule has 126 valence electrons. The zero-order chi connectivity index (χ0) is 17.8. The fourth-order valence-corrected chi connectivity index (χ4v) is 2.61. The molecule has 0 spiro atoms. The molecule has 0 unspecified atom stereocenters. The van der Waals surface area contributed by atoms with E-state index in [9.17, 15) is 4.79 Å². The molecule has 1 heterocycles. The summed E-state index contributed by atoms with van der Waals surface area (Å²) < 4.78 is 0. The van der Waals surface area contributed by atoms with Gasteiger partial charge in [-0.25, -0.2) is 9.97 Å². The molecule has 0 saturated heterocycles. The Hall–Kier alpha value is -2.63. The van der Waals surface area contributed by atoms with E-state index in [1.165, 1.54) is 12.4 Å². The minimum Gasteiger partial charge on any atom is -0.338 e. The van der Waals surface area contributed by atoms with Gasteiger partial charge in [0.1, 0.15) is 11.5 Å². The van der Waals surface area contributed by atoms with Crippen LogP contribution in [0.15, 0.2) is 54.9 Å². The van der Waals surface area contributed by atoms with Gasteiger partial charge in [0.15, 0.2) is 0 Å². The van der Waals surface area contributed by atoms with Crippen LogP contribution in [-0.4, -0.2) is 15.9 Å². The van der Waals surface area contributed by atoms with Gasteiger partial charge in [-0.15, -0.1) is 0 Å². The summed E-state index contributed by atoms with van der Waals surface area (Å²) in [6.45, 7) is 1.96. The van der Waals surface area contributed by atoms with Gasteiger partial charge in [-0.1, -0.05) is 35.3 Å². The number of rotatable bonds is 4. The summed E-state index contributed by atoms with van der Waals surface area (Å²) in [4.78, 5) is 20.5. The summed E-state index contributed by atoms with van der Waals surface area (Å²) in [5.74, 6) is 0.144. The number of aromatic nitrogens is 2. The van der Waals surface area contributed by atoms with Gasteiger partial charge in [-0.05, 0) is 42.8 Å². The largest absolute Gasteiger partial charge is 0.338 e. The Morgan fingerprint density at radius 3 is 2.56 bits per heavy atom. The molecule has 3 aromatic rings. The fourth-order valence-electron chi connectivity index (χ4n) is 2.16. The maximum Gasteiger partial charge on any atom is 0.275 e. The average molecular weight is 373 g/mol. The van der Waals surface area contributed by atoms with Crippen molar-refractivity contribution in [3.63, 3.8) is 0 Å². The molecule has 5 nitrogen and oxygen atoms in total. The minimum atomic E-state index is -0.325.